The molecular weight excluding hydrogens is 316 g/mol. The van der Waals surface area contributed by atoms with Crippen LogP contribution in [0.2, 0.25) is 0 Å². The van der Waals surface area contributed by atoms with E-state index in [0.29, 0.717) is 10.5 Å². The molecule has 112 valence electrons. The van der Waals surface area contributed by atoms with Crippen LogP contribution < -0.4 is 0 Å². The molecule has 0 fully saturated rings. The van der Waals surface area contributed by atoms with E-state index in [-0.39, 0.29) is 16.8 Å². The summed E-state index contributed by atoms with van der Waals surface area (Å²) in [4.78, 5) is 40.1. The van der Waals surface area contributed by atoms with E-state index in [4.69, 9.17) is 0 Å². The lowest BCUT2D eigenvalue weighted by atomic mass is 10.1. The average molecular weight is 324 g/mol. The van der Waals surface area contributed by atoms with Gasteiger partial charge in [-0.25, -0.2) is 4.98 Å². The smallest absolute Gasteiger partial charge is 0.280 e. The van der Waals surface area contributed by atoms with E-state index in [9.17, 15) is 19.7 Å². The molecule has 0 saturated heterocycles. The minimum absolute atomic E-state index is 0.105. The van der Waals surface area contributed by atoms with E-state index in [1.165, 1.54) is 29.5 Å². The van der Waals surface area contributed by atoms with Crippen LogP contribution in [0.4, 0.5) is 5.69 Å². The summed E-state index contributed by atoms with van der Waals surface area (Å²) < 4.78 is 0.869. The van der Waals surface area contributed by atoms with Gasteiger partial charge >= 0.3 is 0 Å². The van der Waals surface area contributed by atoms with E-state index in [2.05, 4.69) is 4.98 Å². The number of nitro groups is 1. The van der Waals surface area contributed by atoms with Gasteiger partial charge in [0.1, 0.15) is 16.5 Å². The summed E-state index contributed by atoms with van der Waals surface area (Å²) in [7, 11) is 0. The number of hydrogen-bond acceptors (Lipinski definition) is 6. The summed E-state index contributed by atoms with van der Waals surface area (Å²) in [6, 6.07) is 11.4. The molecule has 1 aromatic heterocycles. The fourth-order valence-electron chi connectivity index (χ4n) is 2.81. The Morgan fingerprint density at radius 3 is 2.57 bits per heavy atom. The first-order chi connectivity index (χ1) is 11.1. The molecule has 7 heteroatoms. The van der Waals surface area contributed by atoms with Gasteiger partial charge in [0.15, 0.2) is 11.6 Å². The molecule has 1 heterocycles. The fraction of sp³-hybridized carbons (Fsp3) is 0.0625. The van der Waals surface area contributed by atoms with Crippen molar-refractivity contribution in [3.05, 3.63) is 68.7 Å². The third kappa shape index (κ3) is 1.90. The Labute approximate surface area is 133 Å². The lowest BCUT2D eigenvalue weighted by molar-refractivity contribution is -0.385. The second-order valence-electron chi connectivity index (χ2n) is 5.14. The largest absolute Gasteiger partial charge is 0.293 e. The zero-order valence-corrected chi connectivity index (χ0v) is 12.4. The maximum Gasteiger partial charge on any atom is 0.280 e. The van der Waals surface area contributed by atoms with Crippen LogP contribution in [0, 0.1) is 10.1 Å². The fourth-order valence-corrected chi connectivity index (χ4v) is 3.88. The Hall–Kier alpha value is -2.93. The highest BCUT2D eigenvalue weighted by Gasteiger charge is 2.45. The van der Waals surface area contributed by atoms with Gasteiger partial charge in [-0.2, -0.15) is 0 Å². The Bertz CT molecular complexity index is 975. The first-order valence-electron chi connectivity index (χ1n) is 6.79. The third-order valence-corrected chi connectivity index (χ3v) is 4.93. The molecular formula is C16H8N2O4S. The van der Waals surface area contributed by atoms with E-state index < -0.39 is 22.4 Å². The summed E-state index contributed by atoms with van der Waals surface area (Å²) in [6.07, 6.45) is 0. The van der Waals surface area contributed by atoms with E-state index >= 15 is 0 Å². The molecule has 0 N–H and O–H groups in total. The van der Waals surface area contributed by atoms with E-state index in [1.54, 1.807) is 6.07 Å². The number of rotatable bonds is 2. The molecule has 3 aromatic rings. The van der Waals surface area contributed by atoms with Gasteiger partial charge < -0.3 is 0 Å². The summed E-state index contributed by atoms with van der Waals surface area (Å²) in [5, 5.41) is 11.5. The maximum atomic E-state index is 12.7. The van der Waals surface area contributed by atoms with Crippen molar-refractivity contribution in [2.45, 2.75) is 5.92 Å². The van der Waals surface area contributed by atoms with Crippen molar-refractivity contribution < 1.29 is 14.5 Å². The normalized spacial score (nSPS) is 16.8. The van der Waals surface area contributed by atoms with Crippen LogP contribution in [0.5, 0.6) is 0 Å². The van der Waals surface area contributed by atoms with Crippen LogP contribution in [0.15, 0.2) is 42.5 Å². The first-order valence-corrected chi connectivity index (χ1v) is 7.61. The quantitative estimate of drug-likeness (QED) is 0.409. The number of carbonyl (C=O) groups excluding carboxylic acids is 2. The number of nitro benzene ring substituents is 1. The number of aromatic nitrogens is 1. The number of ketones is 2. The van der Waals surface area contributed by atoms with Crippen molar-refractivity contribution in [1.82, 2.24) is 4.98 Å². The van der Waals surface area contributed by atoms with Crippen LogP contribution in [0.1, 0.15) is 31.6 Å². The summed E-state index contributed by atoms with van der Waals surface area (Å²) in [5.41, 5.74) is 0.378. The second-order valence-corrected chi connectivity index (χ2v) is 6.20. The Balaban J connectivity index is 1.89. The minimum Gasteiger partial charge on any atom is -0.293 e. The number of benzene rings is 2. The molecule has 23 heavy (non-hydrogen) atoms. The van der Waals surface area contributed by atoms with Gasteiger partial charge in [-0.1, -0.05) is 24.3 Å². The van der Waals surface area contributed by atoms with Gasteiger partial charge in [-0.15, -0.1) is 11.3 Å². The standard InChI is InChI=1S/C16H8N2O4S/c19-14-8-4-3-6-10(18(21)22)12(8)15(20)13(14)16-17-9-5-1-2-7-11(9)23-16/h1-7,13H. The molecule has 0 spiro atoms. The monoisotopic (exact) mass is 324 g/mol. The predicted octanol–water partition coefficient (Wildman–Crippen LogP) is 3.37. The van der Waals surface area contributed by atoms with E-state index in [1.807, 2.05) is 18.2 Å². The molecule has 1 unspecified atom stereocenters. The lowest BCUT2D eigenvalue weighted by Crippen LogP contribution is -2.12. The van der Waals surface area contributed by atoms with Gasteiger partial charge in [0.05, 0.1) is 15.1 Å². The predicted molar refractivity (Wildman–Crippen MR) is 84.1 cm³/mol. The number of para-hydroxylation sites is 1. The molecule has 4 rings (SSSR count). The van der Waals surface area contributed by atoms with Crippen molar-refractivity contribution in [2.24, 2.45) is 0 Å². The highest BCUT2D eigenvalue weighted by atomic mass is 32.1. The van der Waals surface area contributed by atoms with Crippen LogP contribution >= 0.6 is 11.3 Å². The average Bonchev–Trinajstić information content (AvgIpc) is 3.07. The molecule has 0 saturated carbocycles. The Morgan fingerprint density at radius 1 is 1.04 bits per heavy atom. The van der Waals surface area contributed by atoms with Crippen LogP contribution in [-0.4, -0.2) is 21.5 Å². The highest BCUT2D eigenvalue weighted by Crippen LogP contribution is 2.40. The topological polar surface area (TPSA) is 90.2 Å². The number of Topliss-reactive ketones (excluding diaryl/α,β-unsaturated/α-hetero) is 2. The Kier molecular flexibility index (Phi) is 2.85. The summed E-state index contributed by atoms with van der Waals surface area (Å²) in [5.74, 6) is -2.05. The van der Waals surface area contributed by atoms with Gasteiger partial charge in [0.25, 0.3) is 5.69 Å². The number of nitrogens with zero attached hydrogens (tertiary/aromatic N) is 2. The van der Waals surface area contributed by atoms with Crippen LogP contribution in [0.25, 0.3) is 10.2 Å². The highest BCUT2D eigenvalue weighted by molar-refractivity contribution is 7.18. The maximum absolute atomic E-state index is 12.7. The number of carbonyl (C=O) groups is 2. The van der Waals surface area contributed by atoms with Crippen molar-refractivity contribution in [1.29, 1.82) is 0 Å². The molecule has 1 aliphatic carbocycles. The SMILES string of the molecule is O=C1c2cccc([N+](=O)[O-])c2C(=O)C1c1nc2ccccc2s1. The van der Waals surface area contributed by atoms with E-state index in [0.717, 1.165) is 4.70 Å². The molecule has 0 amide bonds. The van der Waals surface area contributed by atoms with Gasteiger partial charge in [0.2, 0.25) is 0 Å². The summed E-state index contributed by atoms with van der Waals surface area (Å²) in [6.45, 7) is 0. The minimum atomic E-state index is -1.08. The second kappa shape index (κ2) is 4.79. The molecule has 1 aliphatic rings. The number of thiazole rings is 1. The molecule has 6 nitrogen and oxygen atoms in total. The zero-order valence-electron chi connectivity index (χ0n) is 11.6. The summed E-state index contributed by atoms with van der Waals surface area (Å²) >= 11 is 1.26. The van der Waals surface area contributed by atoms with Crippen molar-refractivity contribution in [3.8, 4) is 0 Å². The Morgan fingerprint density at radius 2 is 1.83 bits per heavy atom. The third-order valence-electron chi connectivity index (χ3n) is 3.83. The van der Waals surface area contributed by atoms with Gasteiger partial charge in [0, 0.05) is 11.6 Å². The number of fused-ring (bicyclic) bond motifs is 2. The molecule has 0 radical (unpaired) electrons. The van der Waals surface area contributed by atoms with Crippen molar-refractivity contribution in [2.75, 3.05) is 0 Å². The van der Waals surface area contributed by atoms with Crippen LogP contribution in [0.3, 0.4) is 0 Å². The van der Waals surface area contributed by atoms with Crippen molar-refractivity contribution >= 4 is 38.8 Å². The van der Waals surface area contributed by atoms with Gasteiger partial charge in [-0.05, 0) is 12.1 Å². The zero-order chi connectivity index (χ0) is 16.1. The van der Waals surface area contributed by atoms with Crippen LogP contribution in [-0.2, 0) is 0 Å². The molecule has 2 aromatic carbocycles. The van der Waals surface area contributed by atoms with Gasteiger partial charge in [-0.3, -0.25) is 19.7 Å². The number of hydrogen-bond donors (Lipinski definition) is 0. The van der Waals surface area contributed by atoms with Crippen molar-refractivity contribution in [3.63, 3.8) is 0 Å². The molecule has 0 aliphatic heterocycles. The molecule has 1 atom stereocenters. The first kappa shape index (κ1) is 13.7. The lowest BCUT2D eigenvalue weighted by Gasteiger charge is -2.00. The molecule has 0 bridgehead atoms.